The molecule has 3 nitrogen and oxygen atoms in total. The van der Waals surface area contributed by atoms with Crippen LogP contribution in [0.1, 0.15) is 57.4 Å². The van der Waals surface area contributed by atoms with E-state index in [0.717, 1.165) is 23.3 Å². The Labute approximate surface area is 160 Å². The first-order chi connectivity index (χ1) is 12.5. The number of carbonyl (C=O) groups is 1. The van der Waals surface area contributed by atoms with Crippen molar-refractivity contribution in [1.29, 1.82) is 0 Å². The Morgan fingerprint density at radius 3 is 2.92 bits per heavy atom. The van der Waals surface area contributed by atoms with Gasteiger partial charge in [0.05, 0.1) is 0 Å². The summed E-state index contributed by atoms with van der Waals surface area (Å²) >= 11 is 1.75. The highest BCUT2D eigenvalue weighted by Crippen LogP contribution is 2.65. The second-order valence-corrected chi connectivity index (χ2v) is 10.2. The zero-order valence-corrected chi connectivity index (χ0v) is 16.5. The van der Waals surface area contributed by atoms with Crippen LogP contribution in [-0.4, -0.2) is 16.9 Å². The number of nitrogens with one attached hydrogen (secondary N) is 1. The van der Waals surface area contributed by atoms with E-state index in [9.17, 15) is 4.79 Å². The summed E-state index contributed by atoms with van der Waals surface area (Å²) in [7, 11) is 0. The van der Waals surface area contributed by atoms with Crippen molar-refractivity contribution in [2.75, 3.05) is 0 Å². The quantitative estimate of drug-likeness (QED) is 0.772. The topological polar surface area (TPSA) is 42.0 Å². The monoisotopic (exact) mass is 368 g/mol. The molecule has 3 fully saturated rings. The summed E-state index contributed by atoms with van der Waals surface area (Å²) in [5.41, 5.74) is 2.12. The molecular formula is C22H28N2OS. The third-order valence-electron chi connectivity index (χ3n) is 8.28. The van der Waals surface area contributed by atoms with E-state index < -0.39 is 0 Å². The highest BCUT2D eigenvalue weighted by atomic mass is 32.1. The Hall–Kier alpha value is -1.42. The highest BCUT2D eigenvalue weighted by molar-refractivity contribution is 7.10. The fourth-order valence-corrected chi connectivity index (χ4v) is 7.47. The van der Waals surface area contributed by atoms with Crippen LogP contribution in [0.4, 0.5) is 0 Å². The van der Waals surface area contributed by atoms with E-state index in [1.807, 2.05) is 6.20 Å². The van der Waals surface area contributed by atoms with Gasteiger partial charge < -0.3 is 5.32 Å². The summed E-state index contributed by atoms with van der Waals surface area (Å²) in [6, 6.07) is 0.331. The Morgan fingerprint density at radius 1 is 1.23 bits per heavy atom. The van der Waals surface area contributed by atoms with Gasteiger partial charge in [0.25, 0.3) is 0 Å². The number of hydrogen-bond acceptors (Lipinski definition) is 3. The van der Waals surface area contributed by atoms with Gasteiger partial charge in [-0.15, -0.1) is 11.3 Å². The minimum absolute atomic E-state index is 0.0982. The third kappa shape index (κ3) is 2.30. The molecule has 2 heterocycles. The second-order valence-electron chi connectivity index (χ2n) is 9.25. The standard InChI is InChI=1S/C22H28N2OS/c1-21-9-7-17-15(4-6-18-22(17,2)10-8-19(25)24-18)16(21)5-3-14(21)13-20-23-11-12-26-20/h8,10-13,15-18H,3-7,9H2,1-2H3,(H,24,25)/t15-,16-,17+,18?,21+,22+/m0/s1. The lowest BCUT2D eigenvalue weighted by Crippen LogP contribution is -2.59. The summed E-state index contributed by atoms with van der Waals surface area (Å²) in [5, 5.41) is 6.49. The van der Waals surface area contributed by atoms with Gasteiger partial charge in [-0.2, -0.15) is 0 Å². The van der Waals surface area contributed by atoms with Crippen molar-refractivity contribution in [2.24, 2.45) is 28.6 Å². The Bertz CT molecular complexity index is 782. The van der Waals surface area contributed by atoms with Gasteiger partial charge in [0.1, 0.15) is 5.01 Å². The molecule has 1 unspecified atom stereocenters. The van der Waals surface area contributed by atoms with Crippen LogP contribution in [0.3, 0.4) is 0 Å². The van der Waals surface area contributed by atoms with Gasteiger partial charge in [-0.05, 0) is 73.8 Å². The van der Waals surface area contributed by atoms with Gasteiger partial charge in [0.15, 0.2) is 0 Å². The highest BCUT2D eigenvalue weighted by Gasteiger charge is 2.58. The lowest BCUT2D eigenvalue weighted by atomic mass is 9.48. The molecule has 26 heavy (non-hydrogen) atoms. The number of nitrogens with zero attached hydrogens (tertiary/aromatic N) is 1. The fourth-order valence-electron chi connectivity index (χ4n) is 6.87. The summed E-state index contributed by atoms with van der Waals surface area (Å²) in [6.45, 7) is 4.92. The van der Waals surface area contributed by atoms with Gasteiger partial charge in [0.2, 0.25) is 5.91 Å². The molecule has 3 aliphatic carbocycles. The van der Waals surface area contributed by atoms with Crippen molar-refractivity contribution in [3.05, 3.63) is 34.3 Å². The number of carbonyl (C=O) groups excluding carboxylic acids is 1. The first-order valence-electron chi connectivity index (χ1n) is 10.1. The lowest BCUT2D eigenvalue weighted by molar-refractivity contribution is -0.121. The van der Waals surface area contributed by atoms with Gasteiger partial charge in [-0.3, -0.25) is 4.79 Å². The number of fused-ring (bicyclic) bond motifs is 5. The molecule has 0 spiro atoms. The summed E-state index contributed by atoms with van der Waals surface area (Å²) in [6.07, 6.45) is 15.8. The number of thiazole rings is 1. The van der Waals surface area contributed by atoms with E-state index >= 15 is 0 Å². The molecule has 0 radical (unpaired) electrons. The molecule has 1 N–H and O–H groups in total. The molecule has 0 aromatic carbocycles. The number of aromatic nitrogens is 1. The molecule has 0 bridgehead atoms. The van der Waals surface area contributed by atoms with E-state index in [0.29, 0.717) is 17.4 Å². The van der Waals surface area contributed by atoms with Gasteiger partial charge in [0, 0.05) is 23.0 Å². The van der Waals surface area contributed by atoms with Crippen molar-refractivity contribution in [2.45, 2.75) is 58.4 Å². The van der Waals surface area contributed by atoms with E-state index in [1.165, 1.54) is 32.1 Å². The van der Waals surface area contributed by atoms with Crippen LogP contribution in [0.2, 0.25) is 0 Å². The van der Waals surface area contributed by atoms with Gasteiger partial charge >= 0.3 is 0 Å². The van der Waals surface area contributed by atoms with Crippen LogP contribution in [0.25, 0.3) is 6.08 Å². The SMILES string of the molecule is C[C@]12C=CC(=O)NC1CC[C@@H]1[C@H]2CC[C@]2(C)C(=Cc3nccs3)CC[C@@H]12. The smallest absolute Gasteiger partial charge is 0.243 e. The minimum atomic E-state index is 0.0982. The number of rotatable bonds is 1. The Morgan fingerprint density at radius 2 is 2.12 bits per heavy atom. The van der Waals surface area contributed by atoms with Gasteiger partial charge in [-0.1, -0.05) is 25.5 Å². The maximum Gasteiger partial charge on any atom is 0.243 e. The van der Waals surface area contributed by atoms with Crippen molar-refractivity contribution < 1.29 is 4.79 Å². The van der Waals surface area contributed by atoms with Crippen molar-refractivity contribution >= 4 is 23.3 Å². The fraction of sp³-hybridized carbons (Fsp3) is 0.636. The van der Waals surface area contributed by atoms with Crippen LogP contribution in [0, 0.1) is 28.6 Å². The Kier molecular flexibility index (Phi) is 3.72. The van der Waals surface area contributed by atoms with E-state index in [2.05, 4.69) is 41.7 Å². The maximum absolute atomic E-state index is 11.8. The number of amides is 1. The zero-order valence-electron chi connectivity index (χ0n) is 15.7. The molecule has 4 aliphatic rings. The van der Waals surface area contributed by atoms with E-state index in [4.69, 9.17) is 0 Å². The van der Waals surface area contributed by atoms with Crippen LogP contribution in [0.15, 0.2) is 29.3 Å². The molecule has 138 valence electrons. The molecule has 4 heteroatoms. The molecule has 1 aliphatic heterocycles. The van der Waals surface area contributed by atoms with Crippen molar-refractivity contribution in [1.82, 2.24) is 10.3 Å². The van der Waals surface area contributed by atoms with E-state index in [1.54, 1.807) is 23.0 Å². The molecule has 3 saturated carbocycles. The minimum Gasteiger partial charge on any atom is -0.349 e. The molecule has 0 saturated heterocycles. The third-order valence-corrected chi connectivity index (χ3v) is 9.01. The van der Waals surface area contributed by atoms with E-state index in [-0.39, 0.29) is 11.3 Å². The molecule has 1 amide bonds. The number of hydrogen-bond donors (Lipinski definition) is 1. The lowest BCUT2D eigenvalue weighted by Gasteiger charge is -2.58. The first kappa shape index (κ1) is 16.7. The van der Waals surface area contributed by atoms with Crippen LogP contribution in [0.5, 0.6) is 0 Å². The Balaban J connectivity index is 1.47. The van der Waals surface area contributed by atoms with Gasteiger partial charge in [-0.25, -0.2) is 4.98 Å². The van der Waals surface area contributed by atoms with Crippen LogP contribution >= 0.6 is 11.3 Å². The molecule has 1 aromatic rings. The van der Waals surface area contributed by atoms with Crippen LogP contribution in [-0.2, 0) is 4.79 Å². The normalized spacial score (nSPS) is 45.8. The van der Waals surface area contributed by atoms with Crippen molar-refractivity contribution in [3.8, 4) is 0 Å². The summed E-state index contributed by atoms with van der Waals surface area (Å²) < 4.78 is 0. The molecular weight excluding hydrogens is 340 g/mol. The predicted molar refractivity (Wildman–Crippen MR) is 106 cm³/mol. The summed E-state index contributed by atoms with van der Waals surface area (Å²) in [4.78, 5) is 16.3. The molecule has 5 rings (SSSR count). The zero-order chi connectivity index (χ0) is 17.9. The van der Waals surface area contributed by atoms with Crippen LogP contribution < -0.4 is 5.32 Å². The second kappa shape index (κ2) is 5.79. The average Bonchev–Trinajstić information content (AvgIpc) is 3.24. The maximum atomic E-state index is 11.8. The average molecular weight is 369 g/mol. The largest absolute Gasteiger partial charge is 0.349 e. The first-order valence-corrected chi connectivity index (χ1v) is 11.0. The molecule has 6 atom stereocenters. The number of allylic oxidation sites excluding steroid dienone is 1. The summed E-state index contributed by atoms with van der Waals surface area (Å²) in [5.74, 6) is 2.38. The van der Waals surface area contributed by atoms with Crippen molar-refractivity contribution in [3.63, 3.8) is 0 Å². The predicted octanol–water partition coefficient (Wildman–Crippen LogP) is 4.82. The molecule has 1 aromatic heterocycles.